The molecule has 0 aliphatic carbocycles. The number of carbonyl (C=O) groups excluding carboxylic acids is 2. The number of hydrogen-bond acceptors (Lipinski definition) is 7. The zero-order valence-electron chi connectivity index (χ0n) is 20.7. The number of aromatic amines is 1. The van der Waals surface area contributed by atoms with E-state index in [1.54, 1.807) is 30.3 Å². The van der Waals surface area contributed by atoms with Gasteiger partial charge in [-0.05, 0) is 66.8 Å². The third-order valence-corrected chi connectivity index (χ3v) is 8.04. The number of benzene rings is 3. The lowest BCUT2D eigenvalue weighted by Gasteiger charge is -2.45. The van der Waals surface area contributed by atoms with Gasteiger partial charge in [-0.1, -0.05) is 29.8 Å². The number of tetrazole rings is 1. The summed E-state index contributed by atoms with van der Waals surface area (Å²) >= 11 is 6.64. The molecule has 0 unspecified atom stereocenters. The number of nitrogens with zero attached hydrogens (tertiary/aromatic N) is 4. The number of piperidine rings is 1. The van der Waals surface area contributed by atoms with Crippen molar-refractivity contribution in [2.24, 2.45) is 5.92 Å². The summed E-state index contributed by atoms with van der Waals surface area (Å²) in [5.41, 5.74) is 2.28. The minimum absolute atomic E-state index is 0.262. The maximum absolute atomic E-state index is 14.2. The first kappa shape index (κ1) is 23.8. The van der Waals surface area contributed by atoms with E-state index in [2.05, 4.69) is 25.9 Å². The Balaban J connectivity index is 1.31. The molecule has 3 aromatic carbocycles. The van der Waals surface area contributed by atoms with Gasteiger partial charge in [0.05, 0.1) is 16.1 Å². The molecule has 2 N–H and O–H groups in total. The number of nitrogens with one attached hydrogen (secondary N) is 2. The van der Waals surface area contributed by atoms with E-state index in [0.29, 0.717) is 59.2 Å². The van der Waals surface area contributed by atoms with Crippen LogP contribution in [0.4, 0.5) is 0 Å². The molecule has 1 fully saturated rings. The molecule has 2 aliphatic rings. The van der Waals surface area contributed by atoms with E-state index in [1.165, 1.54) is 0 Å². The fourth-order valence-corrected chi connectivity index (χ4v) is 6.07. The van der Waals surface area contributed by atoms with Gasteiger partial charge in [0, 0.05) is 41.2 Å². The van der Waals surface area contributed by atoms with Gasteiger partial charge in [0.15, 0.2) is 11.6 Å². The average Bonchev–Trinajstić information content (AvgIpc) is 3.62. The average molecular weight is 539 g/mol. The van der Waals surface area contributed by atoms with E-state index in [-0.39, 0.29) is 11.6 Å². The van der Waals surface area contributed by atoms with Gasteiger partial charge >= 0.3 is 0 Å². The van der Waals surface area contributed by atoms with Crippen LogP contribution in [-0.2, 0) is 0 Å². The van der Waals surface area contributed by atoms with E-state index < -0.39 is 11.5 Å². The van der Waals surface area contributed by atoms with Gasteiger partial charge in [-0.2, -0.15) is 5.21 Å². The zero-order chi connectivity index (χ0) is 26.6. The molecule has 194 valence electrons. The van der Waals surface area contributed by atoms with Crippen molar-refractivity contribution >= 4 is 34.1 Å². The molecule has 0 bridgehead atoms. The van der Waals surface area contributed by atoms with Crippen LogP contribution in [0.25, 0.3) is 28.0 Å². The summed E-state index contributed by atoms with van der Waals surface area (Å²) in [6.45, 7) is 1.30. The van der Waals surface area contributed by atoms with Crippen LogP contribution >= 0.6 is 11.6 Å². The predicted molar refractivity (Wildman–Crippen MR) is 146 cm³/mol. The van der Waals surface area contributed by atoms with Crippen LogP contribution in [0.15, 0.2) is 72.9 Å². The van der Waals surface area contributed by atoms with E-state index in [4.69, 9.17) is 16.3 Å². The Morgan fingerprint density at radius 2 is 1.87 bits per heavy atom. The Labute approximate surface area is 228 Å². The second-order valence-corrected chi connectivity index (χ2v) is 10.3. The van der Waals surface area contributed by atoms with Crippen molar-refractivity contribution in [3.63, 3.8) is 0 Å². The Hall–Kier alpha value is -4.34. The van der Waals surface area contributed by atoms with Gasteiger partial charge in [-0.3, -0.25) is 9.59 Å². The van der Waals surface area contributed by atoms with Crippen LogP contribution in [0, 0.1) is 5.92 Å². The molecule has 1 spiro atoms. The SMILES string of the molecule is O=C(c1ccc2c(c1)c(Cl)cn2-c1ccccc1)[C@@H]1C(=O)c2cc(-c3nn[nH]n3)ccc2OC12CCNCC2. The van der Waals surface area contributed by atoms with Crippen molar-refractivity contribution in [1.82, 2.24) is 30.5 Å². The number of ether oxygens (including phenoxy) is 1. The number of H-pyrrole nitrogens is 1. The number of rotatable bonds is 4. The summed E-state index contributed by atoms with van der Waals surface area (Å²) in [6.07, 6.45) is 2.91. The normalized spacial score (nSPS) is 18.2. The number of carbonyl (C=O) groups is 2. The molecule has 5 aromatic rings. The number of para-hydroxylation sites is 1. The van der Waals surface area contributed by atoms with Crippen LogP contribution < -0.4 is 10.1 Å². The second kappa shape index (κ2) is 9.14. The van der Waals surface area contributed by atoms with Gasteiger partial charge < -0.3 is 14.6 Å². The van der Waals surface area contributed by atoms with Gasteiger partial charge in [-0.15, -0.1) is 10.2 Å². The van der Waals surface area contributed by atoms with Crippen molar-refractivity contribution in [3.05, 3.63) is 89.1 Å². The summed E-state index contributed by atoms with van der Waals surface area (Å²) in [7, 11) is 0. The Kier molecular flexibility index (Phi) is 5.57. The van der Waals surface area contributed by atoms with Crippen molar-refractivity contribution < 1.29 is 14.3 Å². The Morgan fingerprint density at radius 3 is 2.64 bits per heavy atom. The highest BCUT2D eigenvalue weighted by molar-refractivity contribution is 6.36. The monoisotopic (exact) mass is 538 g/mol. The molecule has 0 amide bonds. The summed E-state index contributed by atoms with van der Waals surface area (Å²) in [4.78, 5) is 28.4. The number of hydrogen-bond donors (Lipinski definition) is 2. The first-order valence-electron chi connectivity index (χ1n) is 12.8. The summed E-state index contributed by atoms with van der Waals surface area (Å²) < 4.78 is 8.55. The van der Waals surface area contributed by atoms with Crippen LogP contribution in [0.1, 0.15) is 33.6 Å². The quantitative estimate of drug-likeness (QED) is 0.252. The zero-order valence-corrected chi connectivity index (χ0v) is 21.5. The lowest BCUT2D eigenvalue weighted by atomic mass is 9.70. The fourth-order valence-electron chi connectivity index (χ4n) is 5.82. The topological polar surface area (TPSA) is 115 Å². The molecular weight excluding hydrogens is 516 g/mol. The van der Waals surface area contributed by atoms with Crippen LogP contribution in [0.3, 0.4) is 0 Å². The second-order valence-electron chi connectivity index (χ2n) is 9.94. The molecule has 1 atom stereocenters. The molecule has 2 aromatic heterocycles. The van der Waals surface area contributed by atoms with Crippen LogP contribution in [-0.4, -0.2) is 55.4 Å². The van der Waals surface area contributed by atoms with E-state index in [0.717, 1.165) is 16.6 Å². The molecule has 0 saturated carbocycles. The van der Waals surface area contributed by atoms with E-state index in [9.17, 15) is 9.59 Å². The molecule has 0 radical (unpaired) electrons. The maximum Gasteiger partial charge on any atom is 0.204 e. The molecule has 9 nitrogen and oxygen atoms in total. The van der Waals surface area contributed by atoms with Gasteiger partial charge in [0.2, 0.25) is 5.82 Å². The predicted octanol–water partition coefficient (Wildman–Crippen LogP) is 4.66. The number of fused-ring (bicyclic) bond motifs is 2. The van der Waals surface area contributed by atoms with Gasteiger partial charge in [-0.25, -0.2) is 0 Å². The highest BCUT2D eigenvalue weighted by Gasteiger charge is 2.53. The summed E-state index contributed by atoms with van der Waals surface area (Å²) in [5, 5.41) is 18.7. The third kappa shape index (κ3) is 3.85. The lowest BCUT2D eigenvalue weighted by molar-refractivity contribution is -0.0138. The molecule has 2 aliphatic heterocycles. The largest absolute Gasteiger partial charge is 0.485 e. The molecular formula is C29H23ClN6O3. The molecule has 1 saturated heterocycles. The highest BCUT2D eigenvalue weighted by atomic mass is 35.5. The third-order valence-electron chi connectivity index (χ3n) is 7.74. The van der Waals surface area contributed by atoms with Crippen LogP contribution in [0.5, 0.6) is 5.75 Å². The van der Waals surface area contributed by atoms with E-state index >= 15 is 0 Å². The Morgan fingerprint density at radius 1 is 1.05 bits per heavy atom. The minimum atomic E-state index is -1.000. The smallest absolute Gasteiger partial charge is 0.204 e. The number of aromatic nitrogens is 5. The lowest BCUT2D eigenvalue weighted by Crippen LogP contribution is -2.58. The van der Waals surface area contributed by atoms with Gasteiger partial charge in [0.25, 0.3) is 0 Å². The molecule has 10 heteroatoms. The Bertz CT molecular complexity index is 1730. The molecule has 7 rings (SSSR count). The highest BCUT2D eigenvalue weighted by Crippen LogP contribution is 2.44. The maximum atomic E-state index is 14.2. The minimum Gasteiger partial charge on any atom is -0.485 e. The van der Waals surface area contributed by atoms with Crippen LogP contribution in [0.2, 0.25) is 5.02 Å². The summed E-state index contributed by atoms with van der Waals surface area (Å²) in [5.74, 6) is -0.709. The first-order chi connectivity index (χ1) is 19.0. The fraction of sp³-hybridized carbons (Fsp3) is 0.207. The van der Waals surface area contributed by atoms with Crippen molar-refractivity contribution in [1.29, 1.82) is 0 Å². The standard InChI is InChI=1S/C29H23ClN6O3/c30-22-16-36(19-4-2-1-3-5-19)23-8-6-17(14-20(22)23)26(37)25-27(38)21-15-18(28-32-34-35-33-28)7-9-24(21)39-29(25)10-12-31-13-11-29/h1-9,14-16,25,31H,10-13H2,(H,32,33,34,35)/t25-/m1/s1. The van der Waals surface area contributed by atoms with Crippen molar-refractivity contribution in [2.75, 3.05) is 13.1 Å². The first-order valence-corrected chi connectivity index (χ1v) is 13.1. The summed E-state index contributed by atoms with van der Waals surface area (Å²) in [6, 6.07) is 20.5. The van der Waals surface area contributed by atoms with E-state index in [1.807, 2.05) is 47.2 Å². The molecule has 39 heavy (non-hydrogen) atoms. The number of Topliss-reactive ketones (excluding diaryl/α,β-unsaturated/α-hetero) is 2. The molecule has 4 heterocycles. The van der Waals surface area contributed by atoms with Crippen molar-refractivity contribution in [2.45, 2.75) is 18.4 Å². The van der Waals surface area contributed by atoms with Crippen molar-refractivity contribution in [3.8, 4) is 22.8 Å². The van der Waals surface area contributed by atoms with Gasteiger partial charge in [0.1, 0.15) is 17.3 Å². The number of ketones is 2. The number of halogens is 1.